The predicted octanol–water partition coefficient (Wildman–Crippen LogP) is 3.93. The van der Waals surface area contributed by atoms with Crippen molar-refractivity contribution in [1.29, 1.82) is 0 Å². The van der Waals surface area contributed by atoms with E-state index in [0.717, 1.165) is 18.6 Å². The number of carbonyl (C=O) groups excluding carboxylic acids is 1. The Morgan fingerprint density at radius 1 is 1.20 bits per heavy atom. The first-order valence-electron chi connectivity index (χ1n) is 7.69. The third kappa shape index (κ3) is 6.09. The molecule has 0 bridgehead atoms. The van der Waals surface area contributed by atoms with Crippen LogP contribution in [0.25, 0.3) is 0 Å². The topological polar surface area (TPSA) is 38.3 Å². The van der Waals surface area contributed by atoms with E-state index >= 15 is 0 Å². The zero-order chi connectivity index (χ0) is 14.8. The van der Waals surface area contributed by atoms with Crippen LogP contribution in [0.4, 0.5) is 0 Å². The van der Waals surface area contributed by atoms with E-state index in [1.54, 1.807) is 0 Å². The van der Waals surface area contributed by atoms with Gasteiger partial charge in [0, 0.05) is 6.04 Å². The summed E-state index contributed by atoms with van der Waals surface area (Å²) in [4.78, 5) is 12.2. The van der Waals surface area contributed by atoms with Crippen LogP contribution < -0.4 is 10.1 Å². The molecule has 1 amide bonds. The minimum atomic E-state index is -0.411. The van der Waals surface area contributed by atoms with Crippen molar-refractivity contribution in [3.05, 3.63) is 30.3 Å². The van der Waals surface area contributed by atoms with Gasteiger partial charge in [-0.3, -0.25) is 4.79 Å². The number of amides is 1. The van der Waals surface area contributed by atoms with Crippen LogP contribution >= 0.6 is 0 Å². The summed E-state index contributed by atoms with van der Waals surface area (Å²) < 4.78 is 5.74. The molecule has 0 aliphatic carbocycles. The van der Waals surface area contributed by atoms with Gasteiger partial charge in [0.1, 0.15) is 5.75 Å². The molecule has 0 aromatic heterocycles. The fourth-order valence-corrected chi connectivity index (χ4v) is 2.09. The highest BCUT2D eigenvalue weighted by Gasteiger charge is 2.19. The molecular formula is C17H27NO2. The van der Waals surface area contributed by atoms with Gasteiger partial charge in [-0.05, 0) is 31.9 Å². The van der Waals surface area contributed by atoms with Crippen LogP contribution in [0.2, 0.25) is 0 Å². The van der Waals surface area contributed by atoms with E-state index in [4.69, 9.17) is 4.74 Å². The molecule has 0 unspecified atom stereocenters. The van der Waals surface area contributed by atoms with Crippen molar-refractivity contribution in [1.82, 2.24) is 5.32 Å². The van der Waals surface area contributed by atoms with Gasteiger partial charge in [0.05, 0.1) is 0 Å². The zero-order valence-electron chi connectivity index (χ0n) is 12.9. The molecule has 20 heavy (non-hydrogen) atoms. The van der Waals surface area contributed by atoms with E-state index in [0.29, 0.717) is 6.42 Å². The fourth-order valence-electron chi connectivity index (χ4n) is 2.09. The summed E-state index contributed by atoms with van der Waals surface area (Å²) >= 11 is 0. The number of carbonyl (C=O) groups is 1. The first-order valence-corrected chi connectivity index (χ1v) is 7.69. The second-order valence-electron chi connectivity index (χ2n) is 5.23. The molecular weight excluding hydrogens is 250 g/mol. The van der Waals surface area contributed by atoms with E-state index in [9.17, 15) is 4.79 Å². The lowest BCUT2D eigenvalue weighted by atomic mass is 10.1. The standard InChI is InChI=1S/C17H27NO2/c1-4-6-8-11-14(3)18-17(19)16(5-2)20-15-12-9-7-10-13-15/h7,9-10,12-14,16H,4-6,8,11H2,1-3H3,(H,18,19)/t14-,16+/m1/s1. The van der Waals surface area contributed by atoms with Crippen LogP contribution in [0.1, 0.15) is 52.9 Å². The summed E-state index contributed by atoms with van der Waals surface area (Å²) in [5, 5.41) is 3.05. The Hall–Kier alpha value is -1.51. The molecule has 0 spiro atoms. The number of nitrogens with one attached hydrogen (secondary N) is 1. The van der Waals surface area contributed by atoms with Crippen LogP contribution in [0.5, 0.6) is 5.75 Å². The summed E-state index contributed by atoms with van der Waals surface area (Å²) in [6.07, 6.45) is 4.87. The average Bonchev–Trinajstić information content (AvgIpc) is 2.46. The monoisotopic (exact) mass is 277 g/mol. The zero-order valence-corrected chi connectivity index (χ0v) is 12.9. The average molecular weight is 277 g/mol. The molecule has 2 atom stereocenters. The van der Waals surface area contributed by atoms with Crippen LogP contribution in [0.3, 0.4) is 0 Å². The van der Waals surface area contributed by atoms with Gasteiger partial charge in [0.15, 0.2) is 6.10 Å². The molecule has 1 aromatic carbocycles. The summed E-state index contributed by atoms with van der Waals surface area (Å²) in [6.45, 7) is 6.21. The number of ether oxygens (including phenoxy) is 1. The van der Waals surface area contributed by atoms with Crippen LogP contribution in [-0.4, -0.2) is 18.1 Å². The maximum atomic E-state index is 12.2. The largest absolute Gasteiger partial charge is 0.481 e. The van der Waals surface area contributed by atoms with Gasteiger partial charge < -0.3 is 10.1 Å². The van der Waals surface area contributed by atoms with Gasteiger partial charge in [0.25, 0.3) is 5.91 Å². The molecule has 0 saturated heterocycles. The maximum Gasteiger partial charge on any atom is 0.261 e. The molecule has 0 aliphatic heterocycles. The SMILES string of the molecule is CCCCC[C@@H](C)NC(=O)[C@H](CC)Oc1ccccc1. The van der Waals surface area contributed by atoms with Crippen molar-refractivity contribution in [3.63, 3.8) is 0 Å². The molecule has 0 saturated carbocycles. The summed E-state index contributed by atoms with van der Waals surface area (Å²) in [6, 6.07) is 9.72. The number of rotatable bonds is 9. The van der Waals surface area contributed by atoms with E-state index in [1.165, 1.54) is 12.8 Å². The van der Waals surface area contributed by atoms with Gasteiger partial charge in [-0.2, -0.15) is 0 Å². The number of benzene rings is 1. The van der Waals surface area contributed by atoms with Gasteiger partial charge in [0.2, 0.25) is 0 Å². The highest BCUT2D eigenvalue weighted by Crippen LogP contribution is 2.13. The lowest BCUT2D eigenvalue weighted by Crippen LogP contribution is -2.42. The third-order valence-electron chi connectivity index (χ3n) is 3.31. The molecule has 1 rings (SSSR count). The number of hydrogen-bond acceptors (Lipinski definition) is 2. The van der Waals surface area contributed by atoms with Crippen molar-refractivity contribution in [3.8, 4) is 5.75 Å². The van der Waals surface area contributed by atoms with E-state index in [2.05, 4.69) is 19.2 Å². The molecule has 3 heteroatoms. The summed E-state index contributed by atoms with van der Waals surface area (Å²) in [5.41, 5.74) is 0. The Morgan fingerprint density at radius 3 is 2.50 bits per heavy atom. The van der Waals surface area contributed by atoms with Crippen LogP contribution in [0.15, 0.2) is 30.3 Å². The van der Waals surface area contributed by atoms with E-state index in [-0.39, 0.29) is 11.9 Å². The summed E-state index contributed by atoms with van der Waals surface area (Å²) in [7, 11) is 0. The van der Waals surface area contributed by atoms with Crippen molar-refractivity contribution >= 4 is 5.91 Å². The molecule has 0 fully saturated rings. The van der Waals surface area contributed by atoms with Crippen LogP contribution in [-0.2, 0) is 4.79 Å². The molecule has 1 N–H and O–H groups in total. The Morgan fingerprint density at radius 2 is 1.90 bits per heavy atom. The highest BCUT2D eigenvalue weighted by molar-refractivity contribution is 5.81. The molecule has 0 heterocycles. The van der Waals surface area contributed by atoms with Crippen molar-refractivity contribution in [2.24, 2.45) is 0 Å². The lowest BCUT2D eigenvalue weighted by Gasteiger charge is -2.20. The van der Waals surface area contributed by atoms with E-state index in [1.807, 2.05) is 37.3 Å². The molecule has 0 aliphatic rings. The smallest absolute Gasteiger partial charge is 0.261 e. The Bertz CT molecular complexity index is 378. The normalized spacial score (nSPS) is 13.6. The second kappa shape index (κ2) is 9.40. The van der Waals surface area contributed by atoms with Gasteiger partial charge in [-0.1, -0.05) is 51.3 Å². The third-order valence-corrected chi connectivity index (χ3v) is 3.31. The Balaban J connectivity index is 2.42. The fraction of sp³-hybridized carbons (Fsp3) is 0.588. The first kappa shape index (κ1) is 16.5. The number of para-hydroxylation sites is 1. The van der Waals surface area contributed by atoms with Gasteiger partial charge in [-0.25, -0.2) is 0 Å². The van der Waals surface area contributed by atoms with Crippen molar-refractivity contribution in [2.45, 2.75) is 65.0 Å². The minimum absolute atomic E-state index is 0.0136. The number of unbranched alkanes of at least 4 members (excludes halogenated alkanes) is 2. The van der Waals surface area contributed by atoms with Gasteiger partial charge in [-0.15, -0.1) is 0 Å². The minimum Gasteiger partial charge on any atom is -0.481 e. The molecule has 3 nitrogen and oxygen atoms in total. The number of hydrogen-bond donors (Lipinski definition) is 1. The highest BCUT2D eigenvalue weighted by atomic mass is 16.5. The first-order chi connectivity index (χ1) is 9.67. The predicted molar refractivity (Wildman–Crippen MR) is 82.9 cm³/mol. The molecule has 1 aromatic rings. The van der Waals surface area contributed by atoms with E-state index < -0.39 is 6.10 Å². The second-order valence-corrected chi connectivity index (χ2v) is 5.23. The van der Waals surface area contributed by atoms with Gasteiger partial charge >= 0.3 is 0 Å². The lowest BCUT2D eigenvalue weighted by molar-refractivity contribution is -0.128. The molecule has 112 valence electrons. The summed E-state index contributed by atoms with van der Waals surface area (Å²) in [5.74, 6) is 0.730. The quantitative estimate of drug-likeness (QED) is 0.695. The Labute approximate surface area is 122 Å². The molecule has 0 radical (unpaired) electrons. The maximum absolute atomic E-state index is 12.2. The van der Waals surface area contributed by atoms with Crippen LogP contribution in [0, 0.1) is 0 Å². The van der Waals surface area contributed by atoms with Crippen molar-refractivity contribution < 1.29 is 9.53 Å². The van der Waals surface area contributed by atoms with Crippen molar-refractivity contribution in [2.75, 3.05) is 0 Å². The Kier molecular flexibility index (Phi) is 7.78.